The number of carboxylic acids is 1. The molecule has 0 bridgehead atoms. The number of hydrogen-bond donors (Lipinski definition) is 1. The minimum absolute atomic E-state index is 0.0212. The Bertz CT molecular complexity index is 584. The van der Waals surface area contributed by atoms with Crippen LogP contribution in [0.4, 0.5) is 0 Å². The Morgan fingerprint density at radius 2 is 2.00 bits per heavy atom. The first-order valence-corrected chi connectivity index (χ1v) is 7.88. The normalized spacial score (nSPS) is 21.3. The van der Waals surface area contributed by atoms with E-state index < -0.39 is 12.1 Å². The summed E-state index contributed by atoms with van der Waals surface area (Å²) in [6.45, 7) is 1.27. The predicted molar refractivity (Wildman–Crippen MR) is 81.0 cm³/mol. The van der Waals surface area contributed by atoms with Gasteiger partial charge < -0.3 is 14.7 Å². The van der Waals surface area contributed by atoms with Crippen molar-refractivity contribution in [2.45, 2.75) is 38.2 Å². The van der Waals surface area contributed by atoms with E-state index in [0.717, 1.165) is 12.8 Å². The highest BCUT2D eigenvalue weighted by Gasteiger charge is 2.27. The van der Waals surface area contributed by atoms with Crippen LogP contribution in [0.5, 0.6) is 0 Å². The molecular weight excluding hydrogens is 282 g/mol. The fraction of sp³-hybridized carbons (Fsp3) is 0.529. The summed E-state index contributed by atoms with van der Waals surface area (Å²) in [5, 5.41) is 8.86. The van der Waals surface area contributed by atoms with Gasteiger partial charge in [0.2, 0.25) is 0 Å². The minimum atomic E-state index is -0.895. The number of hydrogen-bond acceptors (Lipinski definition) is 3. The van der Waals surface area contributed by atoms with Gasteiger partial charge in [-0.15, -0.1) is 0 Å². The topological polar surface area (TPSA) is 66.8 Å². The molecule has 0 radical (unpaired) electrons. The highest BCUT2D eigenvalue weighted by Crippen LogP contribution is 2.23. The average molecular weight is 303 g/mol. The number of morpholine rings is 1. The highest BCUT2D eigenvalue weighted by molar-refractivity contribution is 5.94. The summed E-state index contributed by atoms with van der Waals surface area (Å²) in [5.74, 6) is -0.917. The monoisotopic (exact) mass is 303 g/mol. The van der Waals surface area contributed by atoms with Crippen molar-refractivity contribution >= 4 is 11.9 Å². The fourth-order valence-corrected chi connectivity index (χ4v) is 3.27. The number of ether oxygens (including phenoxy) is 1. The Morgan fingerprint density at radius 3 is 2.77 bits per heavy atom. The summed E-state index contributed by atoms with van der Waals surface area (Å²) >= 11 is 0. The second kappa shape index (κ2) is 6.48. The lowest BCUT2D eigenvalue weighted by atomic mass is 9.90. The number of carboxylic acid groups (broad SMARTS) is 1. The maximum absolute atomic E-state index is 12.6. The number of nitrogens with zero attached hydrogens (tertiary/aromatic N) is 1. The maximum Gasteiger partial charge on any atom is 0.306 e. The molecule has 0 saturated carbocycles. The largest absolute Gasteiger partial charge is 0.481 e. The van der Waals surface area contributed by atoms with Crippen molar-refractivity contribution in [2.75, 3.05) is 19.7 Å². The van der Waals surface area contributed by atoms with E-state index in [9.17, 15) is 9.59 Å². The van der Waals surface area contributed by atoms with Gasteiger partial charge >= 0.3 is 5.97 Å². The van der Waals surface area contributed by atoms with E-state index in [2.05, 4.69) is 6.07 Å². The molecule has 1 atom stereocenters. The Hall–Kier alpha value is -1.88. The average Bonchev–Trinajstić information content (AvgIpc) is 2.53. The SMILES string of the molecule is O=C(O)C[C@@H]1CN(C(=O)c2ccc3c(c2)CCCC3)CCO1. The van der Waals surface area contributed by atoms with Crippen molar-refractivity contribution < 1.29 is 19.4 Å². The number of benzene rings is 1. The van der Waals surface area contributed by atoms with Gasteiger partial charge in [-0.3, -0.25) is 9.59 Å². The van der Waals surface area contributed by atoms with Crippen LogP contribution in [0.15, 0.2) is 18.2 Å². The third kappa shape index (κ3) is 3.30. The van der Waals surface area contributed by atoms with Gasteiger partial charge in [-0.2, -0.15) is 0 Å². The fourth-order valence-electron chi connectivity index (χ4n) is 3.27. The van der Waals surface area contributed by atoms with Crippen molar-refractivity contribution in [3.63, 3.8) is 0 Å². The Morgan fingerprint density at radius 1 is 1.23 bits per heavy atom. The molecular formula is C17H21NO4. The summed E-state index contributed by atoms with van der Waals surface area (Å²) in [7, 11) is 0. The summed E-state index contributed by atoms with van der Waals surface area (Å²) < 4.78 is 5.42. The van der Waals surface area contributed by atoms with Gasteiger partial charge in [0.25, 0.3) is 5.91 Å². The van der Waals surface area contributed by atoms with Crippen LogP contribution in [0, 0.1) is 0 Å². The van der Waals surface area contributed by atoms with E-state index in [0.29, 0.717) is 25.3 Å². The van der Waals surface area contributed by atoms with E-state index >= 15 is 0 Å². The standard InChI is InChI=1S/C17H21NO4/c19-16(20)10-15-11-18(7-8-22-15)17(21)14-6-5-12-3-1-2-4-13(12)9-14/h5-6,9,15H,1-4,7-8,10-11H2,(H,19,20)/t15-/m1/s1. The Labute approximate surface area is 129 Å². The minimum Gasteiger partial charge on any atom is -0.481 e. The molecule has 0 spiro atoms. The van der Waals surface area contributed by atoms with Crippen molar-refractivity contribution in [3.8, 4) is 0 Å². The van der Waals surface area contributed by atoms with Crippen LogP contribution in [0.2, 0.25) is 0 Å². The quantitative estimate of drug-likeness (QED) is 0.926. The molecule has 2 aliphatic rings. The second-order valence-corrected chi connectivity index (χ2v) is 6.03. The van der Waals surface area contributed by atoms with Crippen molar-refractivity contribution in [1.29, 1.82) is 0 Å². The van der Waals surface area contributed by atoms with Crippen LogP contribution in [0.3, 0.4) is 0 Å². The summed E-state index contributed by atoms with van der Waals surface area (Å²) in [6.07, 6.45) is 4.08. The summed E-state index contributed by atoms with van der Waals surface area (Å²) in [4.78, 5) is 25.1. The van der Waals surface area contributed by atoms with Crippen LogP contribution in [0.1, 0.15) is 40.7 Å². The van der Waals surface area contributed by atoms with Crippen molar-refractivity contribution in [3.05, 3.63) is 34.9 Å². The van der Waals surface area contributed by atoms with E-state index in [-0.39, 0.29) is 12.3 Å². The van der Waals surface area contributed by atoms with Crippen molar-refractivity contribution in [2.24, 2.45) is 0 Å². The van der Waals surface area contributed by atoms with Gasteiger partial charge in [0, 0.05) is 18.7 Å². The molecule has 1 heterocycles. The second-order valence-electron chi connectivity index (χ2n) is 6.03. The summed E-state index contributed by atoms with van der Waals surface area (Å²) in [5.41, 5.74) is 3.35. The maximum atomic E-state index is 12.6. The van der Waals surface area contributed by atoms with Gasteiger partial charge in [0.1, 0.15) is 0 Å². The molecule has 0 unspecified atom stereocenters. The lowest BCUT2D eigenvalue weighted by Crippen LogP contribution is -2.46. The number of amides is 1. The van der Waals surface area contributed by atoms with E-state index in [4.69, 9.17) is 9.84 Å². The summed E-state index contributed by atoms with van der Waals surface area (Å²) in [6, 6.07) is 5.98. The number of fused-ring (bicyclic) bond motifs is 1. The molecule has 5 nitrogen and oxygen atoms in total. The molecule has 1 aromatic carbocycles. The van der Waals surface area contributed by atoms with Gasteiger partial charge in [-0.25, -0.2) is 0 Å². The first-order chi connectivity index (χ1) is 10.6. The molecule has 1 aliphatic heterocycles. The molecule has 118 valence electrons. The van der Waals surface area contributed by atoms with Gasteiger partial charge in [-0.05, 0) is 48.9 Å². The number of carbonyl (C=O) groups excluding carboxylic acids is 1. The van der Waals surface area contributed by atoms with E-state index in [1.807, 2.05) is 12.1 Å². The lowest BCUT2D eigenvalue weighted by Gasteiger charge is -2.32. The zero-order valence-electron chi connectivity index (χ0n) is 12.6. The van der Waals surface area contributed by atoms with Gasteiger partial charge in [-0.1, -0.05) is 6.07 Å². The molecule has 1 fully saturated rings. The Kier molecular flexibility index (Phi) is 4.43. The van der Waals surface area contributed by atoms with E-state index in [1.165, 1.54) is 24.0 Å². The zero-order chi connectivity index (χ0) is 15.5. The molecule has 22 heavy (non-hydrogen) atoms. The number of aryl methyl sites for hydroxylation is 2. The molecule has 1 aromatic rings. The number of aliphatic carboxylic acids is 1. The number of carbonyl (C=O) groups is 2. The highest BCUT2D eigenvalue weighted by atomic mass is 16.5. The van der Waals surface area contributed by atoms with Crippen LogP contribution in [-0.2, 0) is 22.4 Å². The molecule has 3 rings (SSSR count). The molecule has 5 heteroatoms. The predicted octanol–water partition coefficient (Wildman–Crippen LogP) is 1.88. The van der Waals surface area contributed by atoms with Crippen LogP contribution >= 0.6 is 0 Å². The first kappa shape index (κ1) is 15.0. The Balaban J connectivity index is 1.71. The van der Waals surface area contributed by atoms with Crippen LogP contribution in [-0.4, -0.2) is 47.7 Å². The molecule has 1 saturated heterocycles. The van der Waals surface area contributed by atoms with E-state index in [1.54, 1.807) is 4.90 Å². The third-order valence-corrected chi connectivity index (χ3v) is 4.42. The van der Waals surface area contributed by atoms with Gasteiger partial charge in [0.15, 0.2) is 0 Å². The van der Waals surface area contributed by atoms with Gasteiger partial charge in [0.05, 0.1) is 19.1 Å². The molecule has 1 amide bonds. The van der Waals surface area contributed by atoms with Crippen LogP contribution in [0.25, 0.3) is 0 Å². The molecule has 0 aromatic heterocycles. The smallest absolute Gasteiger partial charge is 0.306 e. The number of rotatable bonds is 3. The first-order valence-electron chi connectivity index (χ1n) is 7.88. The van der Waals surface area contributed by atoms with Crippen LogP contribution < -0.4 is 0 Å². The third-order valence-electron chi connectivity index (χ3n) is 4.42. The molecule has 1 aliphatic carbocycles. The molecule has 1 N–H and O–H groups in total. The van der Waals surface area contributed by atoms with Crippen molar-refractivity contribution in [1.82, 2.24) is 4.90 Å². The zero-order valence-corrected chi connectivity index (χ0v) is 12.6. The lowest BCUT2D eigenvalue weighted by molar-refractivity contribution is -0.141.